The van der Waals surface area contributed by atoms with E-state index < -0.39 is 76.8 Å². The van der Waals surface area contributed by atoms with E-state index in [9.17, 15) is 77.0 Å². The van der Waals surface area contributed by atoms with Gasteiger partial charge in [-0.15, -0.1) is 11.3 Å². The molecule has 6 N–H and O–H groups in total. The summed E-state index contributed by atoms with van der Waals surface area (Å²) in [5, 5.41) is 46.1. The molecule has 139 heavy (non-hydrogen) atoms. The summed E-state index contributed by atoms with van der Waals surface area (Å²) in [5.41, 5.74) is 15.1. The van der Waals surface area contributed by atoms with E-state index in [0.717, 1.165) is 126 Å². The maximum absolute atomic E-state index is 13.4. The van der Waals surface area contributed by atoms with Crippen molar-refractivity contribution >= 4 is 35.2 Å². The smallest absolute Gasteiger partial charge is 0.416 e. The largest absolute Gasteiger partial charge is 0.481 e. The molecule has 0 fully saturated rings. The van der Waals surface area contributed by atoms with E-state index in [1.807, 2.05) is 96.9 Å². The van der Waals surface area contributed by atoms with Gasteiger partial charge in [-0.25, -0.2) is 14.6 Å². The van der Waals surface area contributed by atoms with Gasteiger partial charge in [0.15, 0.2) is 0 Å². The molecule has 0 aliphatic heterocycles. The van der Waals surface area contributed by atoms with Crippen LogP contribution in [0, 0.1) is 47.5 Å². The summed E-state index contributed by atoms with van der Waals surface area (Å²) in [6.45, 7) is 24.1. The van der Waals surface area contributed by atoms with Gasteiger partial charge >= 0.3 is 48.6 Å². The third-order valence-electron chi connectivity index (χ3n) is 23.5. The molecule has 0 saturated heterocycles. The van der Waals surface area contributed by atoms with Gasteiger partial charge in [0.05, 0.1) is 56.4 Å². The average Bonchev–Trinajstić information content (AvgIpc) is 1.58. The number of unbranched alkanes of at least 4 members (excludes halogenated alkanes) is 2. The van der Waals surface area contributed by atoms with Crippen LogP contribution < -0.4 is 10.6 Å². The Morgan fingerprint density at radius 1 is 0.360 bits per heavy atom. The van der Waals surface area contributed by atoms with Crippen molar-refractivity contribution in [3.63, 3.8) is 0 Å². The summed E-state index contributed by atoms with van der Waals surface area (Å²) in [4.78, 5) is 55.2. The summed E-state index contributed by atoms with van der Waals surface area (Å²) in [6.07, 6.45) is -9.57. The number of carboxylic acids is 4. The van der Waals surface area contributed by atoms with Gasteiger partial charge < -0.3 is 31.1 Å². The second-order valence-corrected chi connectivity index (χ2v) is 37.3. The number of aromatic carboxylic acids is 2. The van der Waals surface area contributed by atoms with Crippen LogP contribution in [-0.2, 0) is 119 Å². The quantitative estimate of drug-likeness (QED) is 0.0156. The molecule has 12 aromatic rings. The number of aromatic nitrogens is 1. The first-order valence-electron chi connectivity index (χ1n) is 46.5. The fourth-order valence-corrected chi connectivity index (χ4v) is 17.1. The van der Waals surface area contributed by atoms with E-state index in [-0.39, 0.29) is 23.5 Å². The number of nitrogens with one attached hydrogen (secondary N) is 2. The Labute approximate surface area is 811 Å². The third kappa shape index (κ3) is 39.6. The zero-order valence-electron chi connectivity index (χ0n) is 79.9. The number of rotatable bonds is 43. The topological polar surface area (TPSA) is 196 Å². The molecule has 1 heterocycles. The third-order valence-corrected chi connectivity index (χ3v) is 24.3. The fraction of sp³-hybridized carbons (Fsp3) is 0.348. The van der Waals surface area contributed by atoms with Crippen LogP contribution in [0.15, 0.2) is 254 Å². The minimum atomic E-state index is -4.39. The summed E-state index contributed by atoms with van der Waals surface area (Å²) >= 11 is 1.53. The van der Waals surface area contributed by atoms with Crippen molar-refractivity contribution in [3.05, 3.63) is 404 Å². The molecule has 0 amide bonds. The van der Waals surface area contributed by atoms with Crippen molar-refractivity contribution in [2.75, 3.05) is 26.2 Å². The van der Waals surface area contributed by atoms with Crippen molar-refractivity contribution in [1.29, 1.82) is 0 Å². The molecule has 1 aromatic heterocycles. The lowest BCUT2D eigenvalue weighted by Crippen LogP contribution is -2.27. The Kier molecular flexibility index (Phi) is 42.4. The number of nitrogens with zero attached hydrogens (tertiary/aromatic N) is 4. The number of benzene rings is 11. The summed E-state index contributed by atoms with van der Waals surface area (Å²) < 4.78 is 160. The molecule has 740 valence electrons. The standard InChI is InChI=1S/C30H35F3N2O2.C30H33F3O2.C28H31F3N2O2.C24H25F3N2O2S/c1-21(2)26-9-5-23(6-10-26)18-34-13-4-14-35(19-24-7-11-27(12-8-24)29(36)37)20-25-15-22(3)16-28(17-25)30(31,32)33;1-22-15-27(20-28(16-22)30(31,32)33)19-24(12-7-3-6-11-23-9-4-2-5-10-23)17-25-13-8-14-26(18-25)21-29(34)35;1-20-4-6-23(7-5-20)18-33(19-24-14-21(2)15-26(16-24)28(29,30)31)13-3-12-32-17-22-8-10-25(11-9-22)27(34)35;1-15-8-19(10-21(9-15)24(25,26)27)12-29(13-22-14-32-17(3)28-22)11-18-4-6-20(7-5-18)16(2)23(30)31/h5-12,15-17,21,34H,4,13-14,18-20H2,1-3H3,(H,36,37);2,4-5,8-10,13-16,18,20,24H,3,6-7,11-12,17,19,21H2,1H3,(H,34,35);4-11,14-16,32H,3,12-13,17-19H2,1-2H3,(H,34,35);4-10,14,16H,11-13H2,1-3H3,(H,30,31). The fourth-order valence-electron chi connectivity index (χ4n) is 16.5. The molecular formula is C112H124F12N6O8S. The molecule has 11 aromatic carbocycles. The maximum atomic E-state index is 13.4. The Morgan fingerprint density at radius 2 is 0.741 bits per heavy atom. The zero-order valence-corrected chi connectivity index (χ0v) is 80.7. The van der Waals surface area contributed by atoms with Crippen LogP contribution in [0.2, 0.25) is 0 Å². The van der Waals surface area contributed by atoms with Gasteiger partial charge in [-0.1, -0.05) is 230 Å². The number of carboxylic acid groups (broad SMARTS) is 4. The van der Waals surface area contributed by atoms with Crippen LogP contribution in [0.5, 0.6) is 0 Å². The summed E-state index contributed by atoms with van der Waals surface area (Å²) in [5.74, 6) is -3.65. The lowest BCUT2D eigenvalue weighted by Gasteiger charge is -2.24. The second-order valence-electron chi connectivity index (χ2n) is 36.2. The molecule has 0 saturated carbocycles. The minimum absolute atomic E-state index is 0.0369. The Balaban J connectivity index is 0.000000208. The van der Waals surface area contributed by atoms with E-state index in [4.69, 9.17) is 15.3 Å². The van der Waals surface area contributed by atoms with Gasteiger partial charge in [-0.05, 0) is 269 Å². The monoisotopic (exact) mass is 1940 g/mol. The van der Waals surface area contributed by atoms with E-state index in [0.29, 0.717) is 134 Å². The van der Waals surface area contributed by atoms with Gasteiger partial charge in [0.25, 0.3) is 0 Å². The summed E-state index contributed by atoms with van der Waals surface area (Å²) in [7, 11) is 0. The van der Waals surface area contributed by atoms with Crippen molar-refractivity contribution < 1.29 is 92.3 Å². The predicted octanol–water partition coefficient (Wildman–Crippen LogP) is 27.2. The van der Waals surface area contributed by atoms with E-state index in [1.165, 1.54) is 64.4 Å². The SMILES string of the molecule is Cc1cc(CC(CCCCCc2ccccc2)Cc2cccc(CC(=O)O)c2)cc(C(F)(F)F)c1.Cc1cc(CN(CCCNCc2ccc(C(C)C)cc2)Cc2ccc(C(=O)O)cc2)cc(C(F)(F)F)c1.Cc1cc(CN(Cc2ccc(C(C)C(=O)O)cc2)Cc2csc(C)n2)cc(C(F)(F)F)c1.Cc1ccc(CN(CCCNCc2ccc(C(=O)O)cc2)Cc2cc(C)cc(C(F)(F)F)c2)cc1. The second kappa shape index (κ2) is 53.3. The highest BCUT2D eigenvalue weighted by molar-refractivity contribution is 7.09. The first kappa shape index (κ1) is 111. The number of hydrogen-bond acceptors (Lipinski definition) is 11. The van der Waals surface area contributed by atoms with Gasteiger partial charge in [0, 0.05) is 77.4 Å². The van der Waals surface area contributed by atoms with E-state index in [2.05, 4.69) is 87.8 Å². The number of thiazole rings is 1. The molecule has 2 unspecified atom stereocenters. The van der Waals surface area contributed by atoms with Crippen LogP contribution in [0.1, 0.15) is 231 Å². The van der Waals surface area contributed by atoms with Crippen molar-refractivity contribution in [3.8, 4) is 0 Å². The zero-order chi connectivity index (χ0) is 101. The molecular weight excluding hydrogens is 1820 g/mol. The minimum Gasteiger partial charge on any atom is -0.481 e. The number of aliphatic carboxylic acids is 2. The number of aryl methyl sites for hydroxylation is 7. The molecule has 2 atom stereocenters. The number of hydrogen-bond donors (Lipinski definition) is 6. The molecule has 0 radical (unpaired) electrons. The molecule has 27 heteroatoms. The van der Waals surface area contributed by atoms with E-state index in [1.54, 1.807) is 113 Å². The molecule has 0 spiro atoms. The Morgan fingerprint density at radius 3 is 1.17 bits per heavy atom. The van der Waals surface area contributed by atoms with Gasteiger partial charge in [-0.3, -0.25) is 24.3 Å². The molecule has 0 aliphatic carbocycles. The molecule has 12 rings (SSSR count). The molecule has 0 aliphatic rings. The van der Waals surface area contributed by atoms with Crippen molar-refractivity contribution in [2.45, 2.75) is 222 Å². The number of carbonyl (C=O) groups is 4. The number of halogens is 12. The van der Waals surface area contributed by atoms with Crippen LogP contribution >= 0.6 is 11.3 Å². The van der Waals surface area contributed by atoms with Crippen LogP contribution in [-0.4, -0.2) is 90.2 Å². The normalized spacial score (nSPS) is 12.2. The maximum Gasteiger partial charge on any atom is 0.416 e. The lowest BCUT2D eigenvalue weighted by molar-refractivity contribution is -0.139. The molecule has 0 bridgehead atoms. The summed E-state index contributed by atoms with van der Waals surface area (Å²) in [6, 6.07) is 72.1. The van der Waals surface area contributed by atoms with Crippen molar-refractivity contribution in [1.82, 2.24) is 30.3 Å². The average molecular weight is 1940 g/mol. The first-order valence-corrected chi connectivity index (χ1v) is 47.3. The first-order chi connectivity index (χ1) is 65.8. The predicted molar refractivity (Wildman–Crippen MR) is 524 cm³/mol. The molecule has 14 nitrogen and oxygen atoms in total. The van der Waals surface area contributed by atoms with Crippen LogP contribution in [0.25, 0.3) is 0 Å². The van der Waals surface area contributed by atoms with Gasteiger partial charge in [0.2, 0.25) is 0 Å². The lowest BCUT2D eigenvalue weighted by atomic mass is 9.86. The highest BCUT2D eigenvalue weighted by atomic mass is 32.1. The number of alkyl halides is 12. The van der Waals surface area contributed by atoms with Crippen LogP contribution in [0.4, 0.5) is 52.7 Å². The highest BCUT2D eigenvalue weighted by Crippen LogP contribution is 2.37. The Hall–Kier alpha value is -12.1. The van der Waals surface area contributed by atoms with Crippen LogP contribution in [0.3, 0.4) is 0 Å². The Bertz CT molecular complexity index is 5870. The van der Waals surface area contributed by atoms with Gasteiger partial charge in [-0.2, -0.15) is 52.7 Å². The van der Waals surface area contributed by atoms with E-state index >= 15 is 0 Å². The van der Waals surface area contributed by atoms with Crippen molar-refractivity contribution in [2.24, 2.45) is 5.92 Å². The highest BCUT2D eigenvalue weighted by Gasteiger charge is 2.35. The van der Waals surface area contributed by atoms with Gasteiger partial charge in [0.1, 0.15) is 0 Å².